The fourth-order valence-corrected chi connectivity index (χ4v) is 3.36. The molecule has 2 aliphatic rings. The van der Waals surface area contributed by atoms with Crippen molar-refractivity contribution in [1.29, 1.82) is 0 Å². The Bertz CT molecular complexity index is 230. The first-order valence-electron chi connectivity index (χ1n) is 7.26. The molecule has 0 saturated heterocycles. The summed E-state index contributed by atoms with van der Waals surface area (Å²) < 4.78 is 0. The molecule has 3 nitrogen and oxygen atoms in total. The van der Waals surface area contributed by atoms with E-state index in [2.05, 4.69) is 5.32 Å². The molecule has 0 bridgehead atoms. The first-order valence-corrected chi connectivity index (χ1v) is 7.26. The van der Waals surface area contributed by atoms with Gasteiger partial charge in [-0.3, -0.25) is 0 Å². The van der Waals surface area contributed by atoms with Gasteiger partial charge in [-0.1, -0.05) is 38.5 Å². The Hall–Kier alpha value is -0.120. The maximum Gasteiger partial charge on any atom is 0.0771 e. The van der Waals surface area contributed by atoms with E-state index in [9.17, 15) is 10.2 Å². The largest absolute Gasteiger partial charge is 0.394 e. The summed E-state index contributed by atoms with van der Waals surface area (Å²) >= 11 is 0. The monoisotopic (exact) mass is 241 g/mol. The minimum atomic E-state index is -0.516. The van der Waals surface area contributed by atoms with Gasteiger partial charge in [0, 0.05) is 12.1 Å². The molecule has 2 rings (SSSR count). The highest BCUT2D eigenvalue weighted by atomic mass is 16.3. The van der Waals surface area contributed by atoms with Crippen LogP contribution in [0.25, 0.3) is 0 Å². The molecule has 2 fully saturated rings. The summed E-state index contributed by atoms with van der Waals surface area (Å²) in [5.41, 5.74) is -0.622. The van der Waals surface area contributed by atoms with Gasteiger partial charge in [-0.25, -0.2) is 0 Å². The Balaban J connectivity index is 1.86. The predicted octanol–water partition coefficient (Wildman–Crippen LogP) is 1.97. The van der Waals surface area contributed by atoms with E-state index in [4.69, 9.17) is 0 Å². The molecule has 0 spiro atoms. The topological polar surface area (TPSA) is 52.5 Å². The van der Waals surface area contributed by atoms with Crippen LogP contribution < -0.4 is 5.32 Å². The minimum Gasteiger partial charge on any atom is -0.394 e. The second-order valence-corrected chi connectivity index (χ2v) is 6.14. The normalized spacial score (nSPS) is 27.9. The van der Waals surface area contributed by atoms with E-state index >= 15 is 0 Å². The lowest BCUT2D eigenvalue weighted by Gasteiger charge is -2.41. The van der Waals surface area contributed by atoms with Gasteiger partial charge in [-0.05, 0) is 25.7 Å². The number of aliphatic hydroxyl groups excluding tert-OH is 1. The van der Waals surface area contributed by atoms with Gasteiger partial charge in [-0.15, -0.1) is 0 Å². The summed E-state index contributed by atoms with van der Waals surface area (Å²) in [6, 6.07) is 0. The molecule has 3 heteroatoms. The second-order valence-electron chi connectivity index (χ2n) is 6.14. The molecule has 0 heterocycles. The minimum absolute atomic E-state index is 0.106. The van der Waals surface area contributed by atoms with Crippen molar-refractivity contribution in [3.05, 3.63) is 0 Å². The fraction of sp³-hybridized carbons (Fsp3) is 1.00. The van der Waals surface area contributed by atoms with Crippen molar-refractivity contribution in [1.82, 2.24) is 5.32 Å². The van der Waals surface area contributed by atoms with Crippen LogP contribution in [-0.4, -0.2) is 34.5 Å². The van der Waals surface area contributed by atoms with Crippen molar-refractivity contribution in [2.24, 2.45) is 0 Å². The molecule has 0 aromatic carbocycles. The number of β-amino-alcohol motifs (C(OH)–C–C–N with tert-alkyl or cyclic N) is 1. The third-order valence-corrected chi connectivity index (χ3v) is 4.69. The summed E-state index contributed by atoms with van der Waals surface area (Å²) in [6.07, 6.45) is 11.2. The van der Waals surface area contributed by atoms with Crippen LogP contribution in [0.3, 0.4) is 0 Å². The van der Waals surface area contributed by atoms with E-state index in [0.717, 1.165) is 38.5 Å². The van der Waals surface area contributed by atoms with Crippen LogP contribution in [0.2, 0.25) is 0 Å². The molecule has 17 heavy (non-hydrogen) atoms. The van der Waals surface area contributed by atoms with Gasteiger partial charge in [0.2, 0.25) is 0 Å². The van der Waals surface area contributed by atoms with Crippen LogP contribution in [0, 0.1) is 0 Å². The highest BCUT2D eigenvalue weighted by Gasteiger charge is 2.35. The lowest BCUT2D eigenvalue weighted by molar-refractivity contribution is -0.00986. The number of rotatable bonds is 4. The summed E-state index contributed by atoms with van der Waals surface area (Å²) in [5, 5.41) is 23.6. The van der Waals surface area contributed by atoms with Gasteiger partial charge < -0.3 is 15.5 Å². The molecule has 0 atom stereocenters. The summed E-state index contributed by atoms with van der Waals surface area (Å²) in [4.78, 5) is 0. The van der Waals surface area contributed by atoms with Gasteiger partial charge >= 0.3 is 0 Å². The molecular formula is C14H27NO2. The fourth-order valence-electron chi connectivity index (χ4n) is 3.36. The molecule has 2 saturated carbocycles. The number of hydrogen-bond donors (Lipinski definition) is 3. The molecule has 0 aromatic heterocycles. The van der Waals surface area contributed by atoms with Gasteiger partial charge in [0.15, 0.2) is 0 Å². The van der Waals surface area contributed by atoms with Gasteiger partial charge in [0.1, 0.15) is 0 Å². The van der Waals surface area contributed by atoms with Crippen LogP contribution in [0.5, 0.6) is 0 Å². The van der Waals surface area contributed by atoms with Crippen molar-refractivity contribution < 1.29 is 10.2 Å². The smallest absolute Gasteiger partial charge is 0.0771 e. The lowest BCUT2D eigenvalue weighted by atomic mass is 9.80. The third-order valence-electron chi connectivity index (χ3n) is 4.69. The molecule has 2 aliphatic carbocycles. The van der Waals surface area contributed by atoms with Crippen molar-refractivity contribution in [2.45, 2.75) is 75.3 Å². The Morgan fingerprint density at radius 3 is 1.88 bits per heavy atom. The zero-order valence-corrected chi connectivity index (χ0v) is 10.9. The van der Waals surface area contributed by atoms with E-state index < -0.39 is 5.60 Å². The van der Waals surface area contributed by atoms with E-state index in [1.165, 1.54) is 25.7 Å². The summed E-state index contributed by atoms with van der Waals surface area (Å²) in [5.74, 6) is 0. The SMILES string of the molecule is OCC1(NCC2(O)CCCCC2)CCCCC1. The Kier molecular flexibility index (Phi) is 4.45. The number of aliphatic hydroxyl groups is 2. The Labute approximate surface area is 105 Å². The zero-order valence-electron chi connectivity index (χ0n) is 10.9. The number of nitrogens with one attached hydrogen (secondary N) is 1. The average Bonchev–Trinajstić information content (AvgIpc) is 2.39. The Morgan fingerprint density at radius 1 is 0.824 bits per heavy atom. The molecule has 0 unspecified atom stereocenters. The molecular weight excluding hydrogens is 214 g/mol. The van der Waals surface area contributed by atoms with Crippen molar-refractivity contribution in [2.75, 3.05) is 13.2 Å². The van der Waals surface area contributed by atoms with Crippen LogP contribution in [0.1, 0.15) is 64.2 Å². The van der Waals surface area contributed by atoms with E-state index in [0.29, 0.717) is 6.54 Å². The first-order chi connectivity index (χ1) is 8.18. The van der Waals surface area contributed by atoms with Crippen LogP contribution in [0.15, 0.2) is 0 Å². The van der Waals surface area contributed by atoms with Crippen molar-refractivity contribution in [3.63, 3.8) is 0 Å². The molecule has 0 amide bonds. The zero-order chi connectivity index (χ0) is 12.2. The molecule has 0 radical (unpaired) electrons. The maximum absolute atomic E-state index is 10.5. The van der Waals surface area contributed by atoms with E-state index in [1.54, 1.807) is 0 Å². The summed E-state index contributed by atoms with van der Waals surface area (Å²) in [6.45, 7) is 0.872. The maximum atomic E-state index is 10.5. The highest BCUT2D eigenvalue weighted by Crippen LogP contribution is 2.31. The molecule has 0 aromatic rings. The molecule has 3 N–H and O–H groups in total. The van der Waals surface area contributed by atoms with E-state index in [-0.39, 0.29) is 12.1 Å². The van der Waals surface area contributed by atoms with E-state index in [1.807, 2.05) is 0 Å². The van der Waals surface area contributed by atoms with Gasteiger partial charge in [0.25, 0.3) is 0 Å². The quantitative estimate of drug-likeness (QED) is 0.705. The number of hydrogen-bond acceptors (Lipinski definition) is 3. The Morgan fingerprint density at radius 2 is 1.35 bits per heavy atom. The predicted molar refractivity (Wildman–Crippen MR) is 68.9 cm³/mol. The van der Waals surface area contributed by atoms with Crippen LogP contribution >= 0.6 is 0 Å². The highest BCUT2D eigenvalue weighted by molar-refractivity contribution is 4.94. The second kappa shape index (κ2) is 5.68. The lowest BCUT2D eigenvalue weighted by Crippen LogP contribution is -2.55. The first kappa shape index (κ1) is 13.3. The summed E-state index contributed by atoms with van der Waals surface area (Å²) in [7, 11) is 0. The van der Waals surface area contributed by atoms with Crippen LogP contribution in [-0.2, 0) is 0 Å². The molecule has 0 aliphatic heterocycles. The molecule has 100 valence electrons. The van der Waals surface area contributed by atoms with Crippen molar-refractivity contribution in [3.8, 4) is 0 Å². The van der Waals surface area contributed by atoms with Crippen molar-refractivity contribution >= 4 is 0 Å². The van der Waals surface area contributed by atoms with Gasteiger partial charge in [0.05, 0.1) is 12.2 Å². The third kappa shape index (κ3) is 3.43. The van der Waals surface area contributed by atoms with Crippen LogP contribution in [0.4, 0.5) is 0 Å². The standard InChI is InChI=1S/C14H27NO2/c16-12-13(7-3-1-4-8-13)15-11-14(17)9-5-2-6-10-14/h15-17H,1-12H2. The van der Waals surface area contributed by atoms with Gasteiger partial charge in [-0.2, -0.15) is 0 Å². The average molecular weight is 241 g/mol.